The smallest absolute Gasteiger partial charge is 0.265 e. The largest absolute Gasteiger partial charge is 0.481 e. The van der Waals surface area contributed by atoms with Crippen LogP contribution in [0.1, 0.15) is 60.5 Å². The van der Waals surface area contributed by atoms with E-state index in [9.17, 15) is 9.59 Å². The summed E-state index contributed by atoms with van der Waals surface area (Å²) >= 11 is 6.20. The first-order chi connectivity index (χ1) is 14.3. The lowest BCUT2D eigenvalue weighted by Crippen LogP contribution is -2.37. The van der Waals surface area contributed by atoms with Crippen molar-refractivity contribution in [2.24, 2.45) is 0 Å². The van der Waals surface area contributed by atoms with Crippen molar-refractivity contribution in [2.75, 3.05) is 5.32 Å². The Hall–Kier alpha value is -2.53. The van der Waals surface area contributed by atoms with E-state index >= 15 is 0 Å². The Morgan fingerprint density at radius 2 is 1.70 bits per heavy atom. The first kappa shape index (κ1) is 22.2. The molecule has 1 saturated carbocycles. The molecule has 1 atom stereocenters. The van der Waals surface area contributed by atoms with Gasteiger partial charge in [-0.2, -0.15) is 0 Å². The second-order valence-corrected chi connectivity index (χ2v) is 8.35. The van der Waals surface area contributed by atoms with Crippen LogP contribution in [0.2, 0.25) is 5.02 Å². The van der Waals surface area contributed by atoms with Gasteiger partial charge in [-0.05, 0) is 69.0 Å². The molecule has 0 aliphatic heterocycles. The summed E-state index contributed by atoms with van der Waals surface area (Å²) in [5.41, 5.74) is 2.73. The van der Waals surface area contributed by atoms with Crippen LogP contribution in [-0.4, -0.2) is 24.0 Å². The second kappa shape index (κ2) is 9.98. The highest BCUT2D eigenvalue weighted by molar-refractivity contribution is 6.32. The number of halogens is 1. The van der Waals surface area contributed by atoms with Gasteiger partial charge in [-0.15, -0.1) is 0 Å². The van der Waals surface area contributed by atoms with Crippen LogP contribution in [0, 0.1) is 13.8 Å². The van der Waals surface area contributed by atoms with Gasteiger partial charge in [0.05, 0.1) is 11.3 Å². The number of hydrogen-bond acceptors (Lipinski definition) is 3. The Morgan fingerprint density at radius 3 is 2.37 bits per heavy atom. The van der Waals surface area contributed by atoms with Gasteiger partial charge in [0.25, 0.3) is 11.8 Å². The number of amides is 2. The molecule has 0 spiro atoms. The van der Waals surface area contributed by atoms with Gasteiger partial charge >= 0.3 is 0 Å². The third-order valence-electron chi connectivity index (χ3n) is 5.46. The first-order valence-electron chi connectivity index (χ1n) is 10.5. The summed E-state index contributed by atoms with van der Waals surface area (Å²) in [5, 5.41) is 6.63. The van der Waals surface area contributed by atoms with Crippen LogP contribution >= 0.6 is 11.6 Å². The summed E-state index contributed by atoms with van der Waals surface area (Å²) in [5.74, 6) is 0.105. The molecule has 1 aliphatic carbocycles. The lowest BCUT2D eigenvalue weighted by Gasteiger charge is -2.23. The number of anilines is 1. The fraction of sp³-hybridized carbons (Fsp3) is 0.417. The van der Waals surface area contributed by atoms with Crippen molar-refractivity contribution in [3.8, 4) is 5.75 Å². The number of rotatable bonds is 6. The van der Waals surface area contributed by atoms with Crippen LogP contribution in [0.25, 0.3) is 0 Å². The maximum absolute atomic E-state index is 12.8. The normalized spacial score (nSPS) is 15.3. The molecule has 2 amide bonds. The van der Waals surface area contributed by atoms with Crippen LogP contribution in [-0.2, 0) is 4.79 Å². The summed E-state index contributed by atoms with van der Waals surface area (Å²) in [6, 6.07) is 10.9. The standard InChI is InChI=1S/C24H29ClN2O3/c1-15-13-19(14-16(2)22(15)25)30-17(3)23(28)27-21-12-8-7-11-20(21)24(29)26-18-9-5-4-6-10-18/h7-8,11-14,17-18H,4-6,9-10H2,1-3H3,(H,26,29)(H,27,28)/t17-/m0/s1. The van der Waals surface area contributed by atoms with E-state index in [2.05, 4.69) is 10.6 Å². The average Bonchev–Trinajstić information content (AvgIpc) is 2.73. The summed E-state index contributed by atoms with van der Waals surface area (Å²) in [7, 11) is 0. The van der Waals surface area contributed by atoms with Crippen molar-refractivity contribution in [2.45, 2.75) is 65.0 Å². The summed E-state index contributed by atoms with van der Waals surface area (Å²) in [4.78, 5) is 25.5. The third-order valence-corrected chi connectivity index (χ3v) is 6.06. The Labute approximate surface area is 183 Å². The molecule has 0 saturated heterocycles. The van der Waals surface area contributed by atoms with Crippen molar-refractivity contribution < 1.29 is 14.3 Å². The zero-order valence-corrected chi connectivity index (χ0v) is 18.5. The first-order valence-corrected chi connectivity index (χ1v) is 10.9. The molecule has 0 unspecified atom stereocenters. The molecule has 2 aromatic rings. The highest BCUT2D eigenvalue weighted by Gasteiger charge is 2.21. The molecule has 0 heterocycles. The van der Waals surface area contributed by atoms with Crippen LogP contribution in [0.4, 0.5) is 5.69 Å². The SMILES string of the molecule is Cc1cc(O[C@@H](C)C(=O)Nc2ccccc2C(=O)NC2CCCCC2)cc(C)c1Cl. The summed E-state index contributed by atoms with van der Waals surface area (Å²) in [6.07, 6.45) is 4.78. The Bertz CT molecular complexity index is 899. The van der Waals surface area contributed by atoms with Crippen molar-refractivity contribution in [1.29, 1.82) is 0 Å². The molecule has 0 aromatic heterocycles. The highest BCUT2D eigenvalue weighted by atomic mass is 35.5. The third kappa shape index (κ3) is 5.54. The van der Waals surface area contributed by atoms with E-state index in [-0.39, 0.29) is 17.9 Å². The van der Waals surface area contributed by atoms with Crippen LogP contribution in [0.5, 0.6) is 5.75 Å². The molecule has 1 fully saturated rings. The van der Waals surface area contributed by atoms with Gasteiger partial charge < -0.3 is 15.4 Å². The van der Waals surface area contributed by atoms with Gasteiger partial charge in [0.1, 0.15) is 5.75 Å². The van der Waals surface area contributed by atoms with E-state index in [1.807, 2.05) is 26.0 Å². The van der Waals surface area contributed by atoms with Crippen molar-refractivity contribution >= 4 is 29.1 Å². The van der Waals surface area contributed by atoms with Crippen LogP contribution in [0.15, 0.2) is 36.4 Å². The van der Waals surface area contributed by atoms with Crippen molar-refractivity contribution in [1.82, 2.24) is 5.32 Å². The molecule has 0 radical (unpaired) electrons. The predicted octanol–water partition coefficient (Wildman–Crippen LogP) is 5.43. The zero-order valence-electron chi connectivity index (χ0n) is 17.8. The molecular weight excluding hydrogens is 400 g/mol. The Kier molecular flexibility index (Phi) is 7.38. The highest BCUT2D eigenvalue weighted by Crippen LogP contribution is 2.27. The molecule has 6 heteroatoms. The molecule has 5 nitrogen and oxygen atoms in total. The van der Waals surface area contributed by atoms with E-state index in [1.165, 1.54) is 6.42 Å². The maximum atomic E-state index is 12.8. The molecule has 2 aromatic carbocycles. The number of carbonyl (C=O) groups excluding carboxylic acids is 2. The minimum atomic E-state index is -0.737. The maximum Gasteiger partial charge on any atom is 0.265 e. The molecule has 0 bridgehead atoms. The van der Waals surface area contributed by atoms with Crippen molar-refractivity contribution in [3.63, 3.8) is 0 Å². The monoisotopic (exact) mass is 428 g/mol. The van der Waals surface area contributed by atoms with Crippen molar-refractivity contribution in [3.05, 3.63) is 58.1 Å². The lowest BCUT2D eigenvalue weighted by atomic mass is 9.95. The molecule has 3 rings (SSSR count). The Morgan fingerprint density at radius 1 is 1.07 bits per heavy atom. The van der Waals surface area contributed by atoms with Gasteiger partial charge in [-0.3, -0.25) is 9.59 Å². The van der Waals surface area contributed by atoms with Gasteiger partial charge in [0, 0.05) is 11.1 Å². The van der Waals surface area contributed by atoms with E-state index < -0.39 is 6.10 Å². The fourth-order valence-corrected chi connectivity index (χ4v) is 3.88. The minimum absolute atomic E-state index is 0.157. The zero-order chi connectivity index (χ0) is 21.7. The molecular formula is C24H29ClN2O3. The van der Waals surface area contributed by atoms with Gasteiger partial charge in [-0.1, -0.05) is 43.0 Å². The van der Waals surface area contributed by atoms with E-state index in [1.54, 1.807) is 31.2 Å². The number of ether oxygens (including phenoxy) is 1. The van der Waals surface area contributed by atoms with E-state index in [0.717, 1.165) is 36.8 Å². The lowest BCUT2D eigenvalue weighted by molar-refractivity contribution is -0.122. The number of para-hydroxylation sites is 1. The topological polar surface area (TPSA) is 67.4 Å². The van der Waals surface area contributed by atoms with Gasteiger partial charge in [-0.25, -0.2) is 0 Å². The average molecular weight is 429 g/mol. The summed E-state index contributed by atoms with van der Waals surface area (Å²) in [6.45, 7) is 5.47. The van der Waals surface area contributed by atoms with Crippen LogP contribution < -0.4 is 15.4 Å². The van der Waals surface area contributed by atoms with Gasteiger partial charge in [0.2, 0.25) is 0 Å². The molecule has 2 N–H and O–H groups in total. The number of hydrogen-bond donors (Lipinski definition) is 2. The number of carbonyl (C=O) groups is 2. The second-order valence-electron chi connectivity index (χ2n) is 7.97. The quantitative estimate of drug-likeness (QED) is 0.645. The number of nitrogens with one attached hydrogen (secondary N) is 2. The predicted molar refractivity (Wildman–Crippen MR) is 120 cm³/mol. The van der Waals surface area contributed by atoms with E-state index in [4.69, 9.17) is 16.3 Å². The Balaban J connectivity index is 1.66. The van der Waals surface area contributed by atoms with E-state index in [0.29, 0.717) is 22.0 Å². The molecule has 160 valence electrons. The fourth-order valence-electron chi connectivity index (χ4n) is 3.77. The number of benzene rings is 2. The molecule has 1 aliphatic rings. The van der Waals surface area contributed by atoms with Gasteiger partial charge in [0.15, 0.2) is 6.10 Å². The minimum Gasteiger partial charge on any atom is -0.481 e. The number of aryl methyl sites for hydroxylation is 2. The summed E-state index contributed by atoms with van der Waals surface area (Å²) < 4.78 is 5.82. The molecule has 30 heavy (non-hydrogen) atoms. The van der Waals surface area contributed by atoms with Crippen LogP contribution in [0.3, 0.4) is 0 Å².